The summed E-state index contributed by atoms with van der Waals surface area (Å²) in [5.41, 5.74) is -0.380. The highest BCUT2D eigenvalue weighted by atomic mass is 16.8. The van der Waals surface area contributed by atoms with Crippen LogP contribution >= 0.6 is 0 Å². The van der Waals surface area contributed by atoms with Crippen molar-refractivity contribution in [2.75, 3.05) is 6.61 Å². The number of hydrogen-bond donors (Lipinski definition) is 2. The molecule has 1 heterocycles. The molecule has 2 rings (SSSR count). The molecule has 1 unspecified atom stereocenters. The van der Waals surface area contributed by atoms with Gasteiger partial charge in [0, 0.05) is 0 Å². The first-order valence-electron chi connectivity index (χ1n) is 5.31. The van der Waals surface area contributed by atoms with Gasteiger partial charge < -0.3 is 19.7 Å². The molecular formula is C12H12O7. The van der Waals surface area contributed by atoms with Crippen LogP contribution in [-0.2, 0) is 9.47 Å². The first-order chi connectivity index (χ1) is 8.91. The van der Waals surface area contributed by atoms with Crippen LogP contribution in [0, 0.1) is 0 Å². The number of aromatic carboxylic acids is 2. The average molecular weight is 268 g/mol. The van der Waals surface area contributed by atoms with E-state index in [1.807, 2.05) is 0 Å². The van der Waals surface area contributed by atoms with Gasteiger partial charge in [0.1, 0.15) is 12.7 Å². The second-order valence-corrected chi connectivity index (χ2v) is 3.65. The van der Waals surface area contributed by atoms with Crippen molar-refractivity contribution in [2.45, 2.75) is 13.0 Å². The molecule has 0 spiro atoms. The predicted molar refractivity (Wildman–Crippen MR) is 62.3 cm³/mol. The Labute approximate surface area is 108 Å². The maximum Gasteiger partial charge on any atom is 0.508 e. The first-order valence-corrected chi connectivity index (χ1v) is 5.31. The van der Waals surface area contributed by atoms with Crippen molar-refractivity contribution < 1.29 is 34.1 Å². The minimum atomic E-state index is -1.23. The molecule has 1 aromatic carbocycles. The Morgan fingerprint density at radius 1 is 1.16 bits per heavy atom. The van der Waals surface area contributed by atoms with E-state index in [1.54, 1.807) is 6.92 Å². The van der Waals surface area contributed by atoms with Crippen molar-refractivity contribution in [3.63, 3.8) is 0 Å². The average Bonchev–Trinajstić information content (AvgIpc) is 2.73. The summed E-state index contributed by atoms with van der Waals surface area (Å²) in [7, 11) is 0. The van der Waals surface area contributed by atoms with Crippen molar-refractivity contribution in [3.8, 4) is 0 Å². The fourth-order valence-corrected chi connectivity index (χ4v) is 1.27. The Balaban J connectivity index is 0.000000218. The highest BCUT2D eigenvalue weighted by molar-refractivity contribution is 6.01. The number of carbonyl (C=O) groups is 3. The van der Waals surface area contributed by atoms with Crippen LogP contribution in [-0.4, -0.2) is 41.0 Å². The van der Waals surface area contributed by atoms with Gasteiger partial charge in [-0.05, 0) is 19.1 Å². The molecule has 1 aliphatic rings. The minimum Gasteiger partial charge on any atom is -0.478 e. The Morgan fingerprint density at radius 2 is 1.63 bits per heavy atom. The zero-order chi connectivity index (χ0) is 14.4. The van der Waals surface area contributed by atoms with E-state index in [4.69, 9.17) is 10.2 Å². The van der Waals surface area contributed by atoms with Crippen LogP contribution < -0.4 is 0 Å². The van der Waals surface area contributed by atoms with Crippen LogP contribution in [0.15, 0.2) is 24.3 Å². The summed E-state index contributed by atoms with van der Waals surface area (Å²) in [6.45, 7) is 2.18. The van der Waals surface area contributed by atoms with E-state index < -0.39 is 18.1 Å². The maximum absolute atomic E-state index is 10.5. The van der Waals surface area contributed by atoms with Crippen LogP contribution in [0.5, 0.6) is 0 Å². The number of cyclic esters (lactones) is 2. The van der Waals surface area contributed by atoms with Gasteiger partial charge in [0.15, 0.2) is 0 Å². The van der Waals surface area contributed by atoms with E-state index in [0.29, 0.717) is 6.61 Å². The molecule has 0 bridgehead atoms. The molecule has 0 amide bonds. The standard InChI is InChI=1S/C8H6O4.C4H6O3/c9-7(10)5-3-1-2-4-6(5)8(11)12;1-3-2-6-4(5)7-3/h1-4H,(H,9,10)(H,11,12);3H,2H2,1H3. The number of carboxylic acid groups (broad SMARTS) is 2. The van der Waals surface area contributed by atoms with Gasteiger partial charge in [-0.1, -0.05) is 12.1 Å². The Bertz CT molecular complexity index is 462. The lowest BCUT2D eigenvalue weighted by atomic mass is 10.1. The first kappa shape index (κ1) is 14.5. The molecule has 19 heavy (non-hydrogen) atoms. The molecule has 1 atom stereocenters. The van der Waals surface area contributed by atoms with Gasteiger partial charge in [-0.2, -0.15) is 0 Å². The van der Waals surface area contributed by atoms with E-state index in [-0.39, 0.29) is 17.2 Å². The summed E-state index contributed by atoms with van der Waals surface area (Å²) in [5, 5.41) is 17.1. The highest BCUT2D eigenvalue weighted by Gasteiger charge is 2.19. The Morgan fingerprint density at radius 3 is 1.84 bits per heavy atom. The van der Waals surface area contributed by atoms with Crippen molar-refractivity contribution in [3.05, 3.63) is 35.4 Å². The molecule has 0 radical (unpaired) electrons. The Kier molecular flexibility index (Phi) is 4.87. The van der Waals surface area contributed by atoms with E-state index in [9.17, 15) is 14.4 Å². The van der Waals surface area contributed by atoms with E-state index in [1.165, 1.54) is 24.3 Å². The van der Waals surface area contributed by atoms with E-state index in [2.05, 4.69) is 9.47 Å². The topological polar surface area (TPSA) is 110 Å². The van der Waals surface area contributed by atoms with Crippen LogP contribution in [0.4, 0.5) is 4.79 Å². The lowest BCUT2D eigenvalue weighted by molar-refractivity contribution is 0.0651. The van der Waals surface area contributed by atoms with Crippen molar-refractivity contribution in [2.24, 2.45) is 0 Å². The monoisotopic (exact) mass is 268 g/mol. The van der Waals surface area contributed by atoms with Gasteiger partial charge in [-0.3, -0.25) is 0 Å². The zero-order valence-corrected chi connectivity index (χ0v) is 10.0. The van der Waals surface area contributed by atoms with E-state index >= 15 is 0 Å². The largest absolute Gasteiger partial charge is 0.508 e. The van der Waals surface area contributed by atoms with Crippen LogP contribution in [0.2, 0.25) is 0 Å². The van der Waals surface area contributed by atoms with Gasteiger partial charge in [0.2, 0.25) is 0 Å². The van der Waals surface area contributed by atoms with Crippen molar-refractivity contribution in [1.29, 1.82) is 0 Å². The van der Waals surface area contributed by atoms with Crippen molar-refractivity contribution >= 4 is 18.1 Å². The summed E-state index contributed by atoms with van der Waals surface area (Å²) in [5.74, 6) is -2.46. The summed E-state index contributed by atoms with van der Waals surface area (Å²) in [6.07, 6.45) is -0.597. The highest BCUT2D eigenvalue weighted by Crippen LogP contribution is 2.07. The number of carbonyl (C=O) groups excluding carboxylic acids is 1. The number of hydrogen-bond acceptors (Lipinski definition) is 5. The van der Waals surface area contributed by atoms with Crippen LogP contribution in [0.3, 0.4) is 0 Å². The van der Waals surface area contributed by atoms with Crippen LogP contribution in [0.25, 0.3) is 0 Å². The summed E-state index contributed by atoms with van der Waals surface area (Å²) >= 11 is 0. The summed E-state index contributed by atoms with van der Waals surface area (Å²) in [4.78, 5) is 30.9. The lowest BCUT2D eigenvalue weighted by Gasteiger charge is -1.98. The molecule has 7 heteroatoms. The molecule has 1 aliphatic heterocycles. The number of ether oxygens (including phenoxy) is 2. The predicted octanol–water partition coefficient (Wildman–Crippen LogP) is 1.62. The van der Waals surface area contributed by atoms with Gasteiger partial charge in [-0.25, -0.2) is 14.4 Å². The molecule has 102 valence electrons. The molecule has 0 saturated carbocycles. The summed E-state index contributed by atoms with van der Waals surface area (Å²) in [6, 6.07) is 5.48. The smallest absolute Gasteiger partial charge is 0.478 e. The third-order valence-electron chi connectivity index (χ3n) is 2.12. The van der Waals surface area contributed by atoms with Gasteiger partial charge in [0.25, 0.3) is 0 Å². The molecule has 2 N–H and O–H groups in total. The van der Waals surface area contributed by atoms with Crippen LogP contribution in [0.1, 0.15) is 27.6 Å². The second-order valence-electron chi connectivity index (χ2n) is 3.65. The maximum atomic E-state index is 10.5. The minimum absolute atomic E-state index is 0.0486. The van der Waals surface area contributed by atoms with Gasteiger partial charge in [0.05, 0.1) is 11.1 Å². The fraction of sp³-hybridized carbons (Fsp3) is 0.250. The van der Waals surface area contributed by atoms with E-state index in [0.717, 1.165) is 0 Å². The number of carboxylic acids is 2. The molecule has 1 aromatic rings. The van der Waals surface area contributed by atoms with Crippen molar-refractivity contribution in [1.82, 2.24) is 0 Å². The normalized spacial score (nSPS) is 16.7. The zero-order valence-electron chi connectivity index (χ0n) is 10.0. The SMILES string of the molecule is CC1COC(=O)O1.O=C(O)c1ccccc1C(=O)O. The second kappa shape index (κ2) is 6.39. The van der Waals surface area contributed by atoms with Gasteiger partial charge >= 0.3 is 18.1 Å². The quantitative estimate of drug-likeness (QED) is 0.784. The Hall–Kier alpha value is -2.57. The van der Waals surface area contributed by atoms with Gasteiger partial charge in [-0.15, -0.1) is 0 Å². The summed E-state index contributed by atoms with van der Waals surface area (Å²) < 4.78 is 8.90. The molecular weight excluding hydrogens is 256 g/mol. The third kappa shape index (κ3) is 4.30. The third-order valence-corrected chi connectivity index (χ3v) is 2.12. The molecule has 1 saturated heterocycles. The fourth-order valence-electron chi connectivity index (χ4n) is 1.27. The molecule has 0 aliphatic carbocycles. The number of benzene rings is 1. The molecule has 7 nitrogen and oxygen atoms in total. The lowest BCUT2D eigenvalue weighted by Crippen LogP contribution is -2.06. The number of rotatable bonds is 2. The molecule has 0 aromatic heterocycles. The molecule has 1 fully saturated rings.